The van der Waals surface area contributed by atoms with Crippen molar-refractivity contribution in [3.05, 3.63) is 24.3 Å². The molecule has 0 saturated heterocycles. The van der Waals surface area contributed by atoms with Crippen molar-refractivity contribution in [2.24, 2.45) is 11.3 Å². The van der Waals surface area contributed by atoms with Crippen LogP contribution < -0.4 is 0 Å². The van der Waals surface area contributed by atoms with E-state index < -0.39 is 0 Å². The third kappa shape index (κ3) is 5.15. The quantitative estimate of drug-likeness (QED) is 0.692. The summed E-state index contributed by atoms with van der Waals surface area (Å²) < 4.78 is 0. The lowest BCUT2D eigenvalue weighted by Crippen LogP contribution is -2.50. The first kappa shape index (κ1) is 17.0. The van der Waals surface area contributed by atoms with Gasteiger partial charge in [-0.2, -0.15) is 0 Å². The Labute approximate surface area is 124 Å². The zero-order chi connectivity index (χ0) is 15.4. The largest absolute Gasteiger partial charge is 0.334 e. The molecule has 0 saturated carbocycles. The van der Waals surface area contributed by atoms with Crippen LogP contribution in [0.1, 0.15) is 60.8 Å². The molecule has 0 N–H and O–H groups in total. The van der Waals surface area contributed by atoms with Crippen LogP contribution in [0.2, 0.25) is 0 Å². The lowest BCUT2D eigenvalue weighted by molar-refractivity contribution is -0.143. The van der Waals surface area contributed by atoms with E-state index in [1.807, 2.05) is 25.7 Å². The van der Waals surface area contributed by atoms with E-state index in [-0.39, 0.29) is 16.9 Å². The van der Waals surface area contributed by atoms with Crippen molar-refractivity contribution in [1.29, 1.82) is 0 Å². The fraction of sp³-hybridized carbons (Fsp3) is 0.722. The van der Waals surface area contributed by atoms with Gasteiger partial charge in [-0.15, -0.1) is 0 Å². The molecule has 1 amide bonds. The van der Waals surface area contributed by atoms with E-state index in [1.54, 1.807) is 0 Å². The van der Waals surface area contributed by atoms with E-state index in [0.29, 0.717) is 12.5 Å². The van der Waals surface area contributed by atoms with Crippen LogP contribution in [0.15, 0.2) is 24.3 Å². The third-order valence-electron chi connectivity index (χ3n) is 3.70. The van der Waals surface area contributed by atoms with Crippen molar-refractivity contribution in [3.8, 4) is 0 Å². The first-order valence-corrected chi connectivity index (χ1v) is 7.76. The van der Waals surface area contributed by atoms with Gasteiger partial charge in [0.05, 0.1) is 0 Å². The summed E-state index contributed by atoms with van der Waals surface area (Å²) in [6, 6.07) is 0. The van der Waals surface area contributed by atoms with Gasteiger partial charge in [0.1, 0.15) is 0 Å². The normalized spacial score (nSPS) is 20.4. The molecule has 114 valence electrons. The number of hydrogen-bond donors (Lipinski definition) is 0. The first-order valence-electron chi connectivity index (χ1n) is 7.76. The molecule has 0 aromatic heterocycles. The van der Waals surface area contributed by atoms with Gasteiger partial charge in [-0.1, -0.05) is 45.1 Å². The number of rotatable bonds is 3. The molecule has 0 aromatic carbocycles. The zero-order valence-corrected chi connectivity index (χ0v) is 14.1. The van der Waals surface area contributed by atoms with Crippen molar-refractivity contribution in [2.45, 2.75) is 66.3 Å². The highest BCUT2D eigenvalue weighted by Crippen LogP contribution is 2.24. The van der Waals surface area contributed by atoms with Gasteiger partial charge >= 0.3 is 0 Å². The molecule has 1 aliphatic rings. The van der Waals surface area contributed by atoms with Gasteiger partial charge in [0, 0.05) is 17.5 Å². The monoisotopic (exact) mass is 277 g/mol. The molecule has 20 heavy (non-hydrogen) atoms. The molecule has 0 bridgehead atoms. The van der Waals surface area contributed by atoms with Gasteiger partial charge in [-0.3, -0.25) is 4.79 Å². The van der Waals surface area contributed by atoms with Gasteiger partial charge in [-0.25, -0.2) is 0 Å². The van der Waals surface area contributed by atoms with Crippen LogP contribution in [0.25, 0.3) is 0 Å². The van der Waals surface area contributed by atoms with E-state index >= 15 is 0 Å². The second-order valence-electron chi connectivity index (χ2n) is 7.81. The molecule has 0 spiro atoms. The SMILES string of the molecule is CC(C)(C)C(=O)N(C/C=C\C1CC=CCC1)C(C)(C)C. The van der Waals surface area contributed by atoms with Crippen LogP contribution in [-0.2, 0) is 4.79 Å². The number of amides is 1. The molecule has 0 heterocycles. The minimum absolute atomic E-state index is 0.138. The Balaban J connectivity index is 2.69. The highest BCUT2D eigenvalue weighted by molar-refractivity contribution is 5.82. The Morgan fingerprint density at radius 1 is 1.20 bits per heavy atom. The molecule has 2 nitrogen and oxygen atoms in total. The predicted molar refractivity (Wildman–Crippen MR) is 86.5 cm³/mol. The standard InChI is InChI=1S/C18H31NO/c1-17(2,3)16(20)19(18(4,5)6)14-10-13-15-11-8-7-9-12-15/h7-8,10,13,15H,9,11-12,14H2,1-6H3/b13-10-. The molecule has 2 heteroatoms. The smallest absolute Gasteiger partial charge is 0.228 e. The molecular formula is C18H31NO. The second-order valence-corrected chi connectivity index (χ2v) is 7.81. The van der Waals surface area contributed by atoms with Gasteiger partial charge in [0.2, 0.25) is 5.91 Å². The molecule has 0 aromatic rings. The van der Waals surface area contributed by atoms with Crippen LogP contribution in [0.3, 0.4) is 0 Å². The van der Waals surface area contributed by atoms with Gasteiger partial charge in [0.25, 0.3) is 0 Å². The first-order chi connectivity index (χ1) is 9.12. The average Bonchev–Trinajstić information content (AvgIpc) is 2.32. The fourth-order valence-electron chi connectivity index (χ4n) is 2.42. The molecule has 1 unspecified atom stereocenters. The maximum atomic E-state index is 12.6. The predicted octanol–water partition coefficient (Wildman–Crippen LogP) is 4.57. The summed E-state index contributed by atoms with van der Waals surface area (Å²) in [4.78, 5) is 14.6. The van der Waals surface area contributed by atoms with Gasteiger partial charge < -0.3 is 4.90 Å². The van der Waals surface area contributed by atoms with Crippen molar-refractivity contribution < 1.29 is 4.79 Å². The van der Waals surface area contributed by atoms with Crippen molar-refractivity contribution in [1.82, 2.24) is 4.90 Å². The molecule has 1 rings (SSSR count). The number of allylic oxidation sites excluding steroid dienone is 3. The summed E-state index contributed by atoms with van der Waals surface area (Å²) in [5, 5.41) is 0. The van der Waals surface area contributed by atoms with Gasteiger partial charge in [-0.05, 0) is 46.0 Å². The molecule has 1 aliphatic carbocycles. The minimum Gasteiger partial charge on any atom is -0.334 e. The highest BCUT2D eigenvalue weighted by atomic mass is 16.2. The van der Waals surface area contributed by atoms with E-state index in [1.165, 1.54) is 12.8 Å². The Hall–Kier alpha value is -1.05. The Morgan fingerprint density at radius 3 is 2.30 bits per heavy atom. The second kappa shape index (κ2) is 6.60. The van der Waals surface area contributed by atoms with E-state index in [0.717, 1.165) is 6.42 Å². The maximum Gasteiger partial charge on any atom is 0.228 e. The summed E-state index contributed by atoms with van der Waals surface area (Å²) >= 11 is 0. The van der Waals surface area contributed by atoms with Crippen LogP contribution in [0.5, 0.6) is 0 Å². The fourth-order valence-corrected chi connectivity index (χ4v) is 2.42. The zero-order valence-electron chi connectivity index (χ0n) is 14.1. The maximum absolute atomic E-state index is 12.6. The summed E-state index contributed by atoms with van der Waals surface area (Å²) in [5.74, 6) is 0.866. The Bertz CT molecular complexity index is 379. The lowest BCUT2D eigenvalue weighted by Gasteiger charge is -2.39. The van der Waals surface area contributed by atoms with Crippen molar-refractivity contribution in [2.75, 3.05) is 6.54 Å². The minimum atomic E-state index is -0.325. The van der Waals surface area contributed by atoms with Crippen molar-refractivity contribution in [3.63, 3.8) is 0 Å². The summed E-state index contributed by atoms with van der Waals surface area (Å²) in [5.41, 5.74) is -0.462. The van der Waals surface area contributed by atoms with Crippen molar-refractivity contribution >= 4 is 5.91 Å². The number of carbonyl (C=O) groups excluding carboxylic acids is 1. The molecular weight excluding hydrogens is 246 g/mol. The topological polar surface area (TPSA) is 20.3 Å². The Kier molecular flexibility index (Phi) is 5.61. The lowest BCUT2D eigenvalue weighted by atomic mass is 9.91. The summed E-state index contributed by atoms with van der Waals surface area (Å²) in [7, 11) is 0. The average molecular weight is 277 g/mol. The number of hydrogen-bond acceptors (Lipinski definition) is 1. The number of nitrogens with zero attached hydrogens (tertiary/aromatic N) is 1. The third-order valence-corrected chi connectivity index (χ3v) is 3.70. The molecule has 0 aliphatic heterocycles. The molecule has 0 fully saturated rings. The van der Waals surface area contributed by atoms with E-state index in [4.69, 9.17) is 0 Å². The molecule has 1 atom stereocenters. The van der Waals surface area contributed by atoms with E-state index in [9.17, 15) is 4.79 Å². The summed E-state index contributed by atoms with van der Waals surface area (Å²) in [6.45, 7) is 13.0. The Morgan fingerprint density at radius 2 is 1.85 bits per heavy atom. The molecule has 0 radical (unpaired) electrons. The number of carbonyl (C=O) groups is 1. The summed E-state index contributed by atoms with van der Waals surface area (Å²) in [6.07, 6.45) is 12.5. The van der Waals surface area contributed by atoms with Gasteiger partial charge in [0.15, 0.2) is 0 Å². The van der Waals surface area contributed by atoms with Crippen LogP contribution in [0, 0.1) is 11.3 Å². The van der Waals surface area contributed by atoms with Crippen LogP contribution in [-0.4, -0.2) is 22.9 Å². The van der Waals surface area contributed by atoms with Crippen LogP contribution in [0.4, 0.5) is 0 Å². The van der Waals surface area contributed by atoms with E-state index in [2.05, 4.69) is 45.1 Å². The van der Waals surface area contributed by atoms with Crippen LogP contribution >= 0.6 is 0 Å². The highest BCUT2D eigenvalue weighted by Gasteiger charge is 2.33.